The van der Waals surface area contributed by atoms with Gasteiger partial charge >= 0.3 is 0 Å². The maximum atomic E-state index is 12.9. The Kier molecular flexibility index (Phi) is 5.64. The molecule has 0 atom stereocenters. The second-order valence-electron chi connectivity index (χ2n) is 5.85. The predicted octanol–water partition coefficient (Wildman–Crippen LogP) is 3.85. The zero-order chi connectivity index (χ0) is 19.4. The molecule has 0 amide bonds. The molecule has 1 N–H and O–H groups in total. The highest BCUT2D eigenvalue weighted by Crippen LogP contribution is 2.29. The smallest absolute Gasteiger partial charge is 0.264 e. The van der Waals surface area contributed by atoms with Crippen molar-refractivity contribution in [2.45, 2.75) is 6.92 Å². The lowest BCUT2D eigenvalue weighted by Crippen LogP contribution is -2.13. The molecule has 5 heteroatoms. The average Bonchev–Trinajstić information content (AvgIpc) is 3.13. The number of ether oxygens (including phenoxy) is 1. The monoisotopic (exact) mass is 362 g/mol. The molecule has 0 saturated carbocycles. The molecule has 5 aromatic rings. The fraction of sp³-hybridized carbons (Fsp3) is 0.182. The molecule has 2 aromatic heterocycles. The molecular weight excluding hydrogens is 340 g/mol. The van der Waals surface area contributed by atoms with Gasteiger partial charge in [-0.3, -0.25) is 9.20 Å². The maximum absolute atomic E-state index is 12.9. The second-order valence-corrected chi connectivity index (χ2v) is 5.85. The topological polar surface area (TPSA) is 63.8 Å². The summed E-state index contributed by atoms with van der Waals surface area (Å²) in [5, 5.41) is 10.9. The molecule has 3 aromatic carbocycles. The van der Waals surface area contributed by atoms with Gasteiger partial charge in [-0.2, -0.15) is 0 Å². The Bertz CT molecular complexity index is 1240. The molecule has 0 aliphatic heterocycles. The van der Waals surface area contributed by atoms with Gasteiger partial charge in [0, 0.05) is 37.0 Å². The summed E-state index contributed by atoms with van der Waals surface area (Å²) >= 11 is 0. The van der Waals surface area contributed by atoms with Crippen molar-refractivity contribution in [2.24, 2.45) is 0 Å². The molecule has 5 nitrogen and oxygen atoms in total. The molecule has 27 heavy (non-hydrogen) atoms. The Balaban J connectivity index is 0.000000314. The minimum Gasteiger partial charge on any atom is -0.400 e. The third-order valence-corrected chi connectivity index (χ3v) is 4.43. The van der Waals surface area contributed by atoms with Crippen LogP contribution in [0.5, 0.6) is 0 Å². The summed E-state index contributed by atoms with van der Waals surface area (Å²) in [6.07, 6.45) is 0. The number of aliphatic hydroxyl groups excluding tert-OH is 1. The number of nitrogens with zero attached hydrogens (tertiary/aromatic N) is 2. The number of benzene rings is 3. The highest BCUT2D eigenvalue weighted by Gasteiger charge is 2.14. The summed E-state index contributed by atoms with van der Waals surface area (Å²) in [4.78, 5) is 17.6. The Morgan fingerprint density at radius 1 is 0.963 bits per heavy atom. The molecule has 0 aliphatic rings. The standard InChI is InChI=1S/C18H10N2O.C3H8O.CH4O/c21-18-13-8-4-6-11-5-3-7-12(16(11)13)17-19-14-9-1-2-10-15(14)20(17)18;1-3-4-2;1-2/h1-10H;3H2,1-2H3;2H,1H3. The fourth-order valence-corrected chi connectivity index (χ4v) is 3.24. The normalized spacial score (nSPS) is 10.7. The number of rotatable bonds is 1. The van der Waals surface area contributed by atoms with Crippen LogP contribution in [-0.4, -0.2) is 35.3 Å². The summed E-state index contributed by atoms with van der Waals surface area (Å²) in [6, 6.07) is 19.7. The number of aliphatic hydroxyl groups is 1. The predicted molar refractivity (Wildman–Crippen MR) is 111 cm³/mol. The van der Waals surface area contributed by atoms with Crippen LogP contribution >= 0.6 is 0 Å². The van der Waals surface area contributed by atoms with Gasteiger partial charge in [0.25, 0.3) is 5.56 Å². The summed E-state index contributed by atoms with van der Waals surface area (Å²) < 4.78 is 6.27. The van der Waals surface area contributed by atoms with E-state index in [1.807, 2.05) is 67.6 Å². The highest BCUT2D eigenvalue weighted by molar-refractivity contribution is 6.15. The van der Waals surface area contributed by atoms with Crippen LogP contribution in [0.3, 0.4) is 0 Å². The van der Waals surface area contributed by atoms with E-state index in [0.29, 0.717) is 0 Å². The number of imidazole rings is 1. The zero-order valence-corrected chi connectivity index (χ0v) is 15.6. The molecule has 0 fully saturated rings. The van der Waals surface area contributed by atoms with Crippen LogP contribution < -0.4 is 5.56 Å². The fourth-order valence-electron chi connectivity index (χ4n) is 3.24. The van der Waals surface area contributed by atoms with Gasteiger partial charge in [-0.15, -0.1) is 0 Å². The molecule has 0 saturated heterocycles. The quantitative estimate of drug-likeness (QED) is 0.492. The first-order chi connectivity index (χ1) is 13.3. The minimum atomic E-state index is 0.00278. The number of pyridine rings is 1. The molecule has 0 unspecified atom stereocenters. The third-order valence-electron chi connectivity index (χ3n) is 4.43. The average molecular weight is 362 g/mol. The van der Waals surface area contributed by atoms with E-state index in [0.717, 1.165) is 51.9 Å². The SMILES string of the molecule is CCOC.CO.O=c1c2cccc3cccc(c32)c2nc3ccccc3n12. The molecule has 0 bridgehead atoms. The van der Waals surface area contributed by atoms with E-state index in [1.54, 1.807) is 11.5 Å². The van der Waals surface area contributed by atoms with Crippen molar-refractivity contribution in [1.82, 2.24) is 9.38 Å². The number of aromatic nitrogens is 2. The van der Waals surface area contributed by atoms with Crippen LogP contribution in [0.25, 0.3) is 38.2 Å². The first-order valence-corrected chi connectivity index (χ1v) is 8.74. The molecule has 0 aliphatic carbocycles. The molecule has 5 rings (SSSR count). The van der Waals surface area contributed by atoms with Gasteiger partial charge in [-0.25, -0.2) is 4.98 Å². The van der Waals surface area contributed by atoms with E-state index >= 15 is 0 Å². The van der Waals surface area contributed by atoms with E-state index in [-0.39, 0.29) is 5.56 Å². The van der Waals surface area contributed by atoms with Gasteiger partial charge < -0.3 is 9.84 Å². The maximum Gasteiger partial charge on any atom is 0.264 e. The van der Waals surface area contributed by atoms with Gasteiger partial charge in [0.05, 0.1) is 11.0 Å². The lowest BCUT2D eigenvalue weighted by molar-refractivity contribution is 0.215. The summed E-state index contributed by atoms with van der Waals surface area (Å²) in [5.74, 6) is 0. The van der Waals surface area contributed by atoms with E-state index in [4.69, 9.17) is 5.11 Å². The van der Waals surface area contributed by atoms with Crippen molar-refractivity contribution in [2.75, 3.05) is 20.8 Å². The Hall–Kier alpha value is -3.02. The molecule has 0 radical (unpaired) electrons. The van der Waals surface area contributed by atoms with Crippen LogP contribution in [0.2, 0.25) is 0 Å². The van der Waals surface area contributed by atoms with Gasteiger partial charge in [0.1, 0.15) is 5.65 Å². The summed E-state index contributed by atoms with van der Waals surface area (Å²) in [7, 11) is 2.68. The second kappa shape index (κ2) is 8.12. The van der Waals surface area contributed by atoms with Crippen molar-refractivity contribution >= 4 is 38.2 Å². The van der Waals surface area contributed by atoms with E-state index in [1.165, 1.54) is 0 Å². The highest BCUT2D eigenvalue weighted by atomic mass is 16.5. The van der Waals surface area contributed by atoms with Crippen molar-refractivity contribution in [3.8, 4) is 0 Å². The molecular formula is C22H22N2O3. The molecule has 138 valence electrons. The number of hydrogen-bond acceptors (Lipinski definition) is 4. The van der Waals surface area contributed by atoms with Crippen LogP contribution in [0.15, 0.2) is 65.5 Å². The number of hydrogen-bond donors (Lipinski definition) is 1. The number of para-hydroxylation sites is 2. The van der Waals surface area contributed by atoms with Gasteiger partial charge in [-0.1, -0.05) is 42.5 Å². The lowest BCUT2D eigenvalue weighted by atomic mass is 10.0. The van der Waals surface area contributed by atoms with Gasteiger partial charge in [0.15, 0.2) is 0 Å². The Morgan fingerprint density at radius 2 is 1.59 bits per heavy atom. The largest absolute Gasteiger partial charge is 0.400 e. The van der Waals surface area contributed by atoms with Gasteiger partial charge in [-0.05, 0) is 30.5 Å². The Labute approximate surface area is 156 Å². The lowest BCUT2D eigenvalue weighted by Gasteiger charge is -2.06. The molecule has 2 heterocycles. The van der Waals surface area contributed by atoms with E-state index in [2.05, 4.69) is 9.72 Å². The van der Waals surface area contributed by atoms with Crippen molar-refractivity contribution in [3.63, 3.8) is 0 Å². The van der Waals surface area contributed by atoms with Crippen LogP contribution in [0.4, 0.5) is 0 Å². The summed E-state index contributed by atoms with van der Waals surface area (Å²) in [6.45, 7) is 2.78. The first kappa shape index (κ1) is 18.8. The van der Waals surface area contributed by atoms with E-state index < -0.39 is 0 Å². The first-order valence-electron chi connectivity index (χ1n) is 8.74. The minimum absolute atomic E-state index is 0.00278. The number of methoxy groups -OCH3 is 1. The van der Waals surface area contributed by atoms with Crippen LogP contribution in [0.1, 0.15) is 6.92 Å². The number of fused-ring (bicyclic) bond motifs is 4. The van der Waals surface area contributed by atoms with E-state index in [9.17, 15) is 4.79 Å². The van der Waals surface area contributed by atoms with Gasteiger partial charge in [0.2, 0.25) is 0 Å². The van der Waals surface area contributed by atoms with Crippen LogP contribution in [0, 0.1) is 0 Å². The Morgan fingerprint density at radius 3 is 2.26 bits per heavy atom. The molecule has 0 spiro atoms. The van der Waals surface area contributed by atoms with Crippen molar-refractivity contribution in [3.05, 3.63) is 71.0 Å². The zero-order valence-electron chi connectivity index (χ0n) is 15.6. The summed E-state index contributed by atoms with van der Waals surface area (Å²) in [5.41, 5.74) is 2.46. The third kappa shape index (κ3) is 3.12. The van der Waals surface area contributed by atoms with Crippen molar-refractivity contribution < 1.29 is 9.84 Å². The van der Waals surface area contributed by atoms with Crippen molar-refractivity contribution in [1.29, 1.82) is 0 Å². The van der Waals surface area contributed by atoms with Crippen LogP contribution in [-0.2, 0) is 4.74 Å².